The largest absolute Gasteiger partial charge is 0.478 e. The number of nitrogens with zero attached hydrogens (tertiary/aromatic N) is 2. The number of aromatic nitrogens is 1. The Hall–Kier alpha value is -2.89. The second kappa shape index (κ2) is 7.59. The van der Waals surface area contributed by atoms with Crippen molar-refractivity contribution in [2.75, 3.05) is 23.3 Å². The SMILES string of the molecule is CCN(CC)c1ncc(NC(=O)c2ccccc2C)cc1C(=O)O. The van der Waals surface area contributed by atoms with Crippen LogP contribution in [-0.2, 0) is 0 Å². The zero-order chi connectivity index (χ0) is 17.7. The Morgan fingerprint density at radius 2 is 1.83 bits per heavy atom. The number of aryl methyl sites for hydroxylation is 1. The van der Waals surface area contributed by atoms with Gasteiger partial charge in [-0.05, 0) is 38.5 Å². The molecule has 2 aromatic rings. The Labute approximate surface area is 141 Å². The summed E-state index contributed by atoms with van der Waals surface area (Å²) in [6, 6.07) is 8.65. The molecule has 0 aliphatic carbocycles. The molecule has 24 heavy (non-hydrogen) atoms. The molecule has 2 rings (SSSR count). The lowest BCUT2D eigenvalue weighted by Gasteiger charge is -2.22. The molecule has 1 amide bonds. The molecule has 1 aromatic heterocycles. The number of rotatable bonds is 6. The molecule has 1 aromatic carbocycles. The van der Waals surface area contributed by atoms with Crippen LogP contribution in [0.15, 0.2) is 36.5 Å². The van der Waals surface area contributed by atoms with Crippen LogP contribution in [0.2, 0.25) is 0 Å². The number of pyridine rings is 1. The highest BCUT2D eigenvalue weighted by atomic mass is 16.4. The lowest BCUT2D eigenvalue weighted by molar-refractivity contribution is 0.0696. The Morgan fingerprint density at radius 1 is 1.17 bits per heavy atom. The second-order valence-corrected chi connectivity index (χ2v) is 5.34. The fourth-order valence-electron chi connectivity index (χ4n) is 2.48. The van der Waals surface area contributed by atoms with Gasteiger partial charge in [0, 0.05) is 18.7 Å². The van der Waals surface area contributed by atoms with Crippen molar-refractivity contribution >= 4 is 23.4 Å². The van der Waals surface area contributed by atoms with Gasteiger partial charge in [0.15, 0.2) is 0 Å². The molecule has 1 heterocycles. The average molecular weight is 327 g/mol. The van der Waals surface area contributed by atoms with Crippen LogP contribution >= 0.6 is 0 Å². The molecule has 2 N–H and O–H groups in total. The zero-order valence-electron chi connectivity index (χ0n) is 14.0. The maximum absolute atomic E-state index is 12.4. The minimum absolute atomic E-state index is 0.0706. The van der Waals surface area contributed by atoms with Crippen LogP contribution in [0, 0.1) is 6.92 Å². The number of hydrogen-bond acceptors (Lipinski definition) is 4. The maximum Gasteiger partial charge on any atom is 0.339 e. The van der Waals surface area contributed by atoms with Crippen molar-refractivity contribution in [1.82, 2.24) is 4.98 Å². The molecule has 0 saturated heterocycles. The number of aromatic carboxylic acids is 1. The van der Waals surface area contributed by atoms with E-state index in [0.717, 1.165) is 5.56 Å². The third-order valence-corrected chi connectivity index (χ3v) is 3.81. The van der Waals surface area contributed by atoms with Crippen molar-refractivity contribution in [1.29, 1.82) is 0 Å². The van der Waals surface area contributed by atoms with Crippen molar-refractivity contribution in [2.45, 2.75) is 20.8 Å². The van der Waals surface area contributed by atoms with Crippen LogP contribution in [0.5, 0.6) is 0 Å². The van der Waals surface area contributed by atoms with Crippen molar-refractivity contribution in [2.24, 2.45) is 0 Å². The van der Waals surface area contributed by atoms with Crippen LogP contribution in [0.3, 0.4) is 0 Å². The van der Waals surface area contributed by atoms with Crippen LogP contribution in [0.1, 0.15) is 40.1 Å². The molecule has 0 radical (unpaired) electrons. The topological polar surface area (TPSA) is 82.5 Å². The first-order chi connectivity index (χ1) is 11.5. The van der Waals surface area contributed by atoms with E-state index < -0.39 is 5.97 Å². The molecule has 0 bridgehead atoms. The lowest BCUT2D eigenvalue weighted by atomic mass is 10.1. The van der Waals surface area contributed by atoms with Crippen LogP contribution in [-0.4, -0.2) is 35.1 Å². The standard InChI is InChI=1S/C18H21N3O3/c1-4-21(5-2)16-15(18(23)24)10-13(11-19-16)20-17(22)14-9-7-6-8-12(14)3/h6-11H,4-5H2,1-3H3,(H,20,22)(H,23,24). The van der Waals surface area contributed by atoms with E-state index in [2.05, 4.69) is 10.3 Å². The van der Waals surface area contributed by atoms with E-state index in [0.29, 0.717) is 30.2 Å². The van der Waals surface area contributed by atoms with Gasteiger partial charge in [-0.3, -0.25) is 4.79 Å². The number of hydrogen-bond donors (Lipinski definition) is 2. The molecule has 0 fully saturated rings. The van der Waals surface area contributed by atoms with Crippen molar-refractivity contribution in [3.8, 4) is 0 Å². The monoisotopic (exact) mass is 327 g/mol. The second-order valence-electron chi connectivity index (χ2n) is 5.34. The van der Waals surface area contributed by atoms with E-state index in [9.17, 15) is 14.7 Å². The highest BCUT2D eigenvalue weighted by Crippen LogP contribution is 2.22. The number of benzene rings is 1. The minimum Gasteiger partial charge on any atom is -0.478 e. The van der Waals surface area contributed by atoms with Gasteiger partial charge in [0.05, 0.1) is 11.9 Å². The summed E-state index contributed by atoms with van der Waals surface area (Å²) < 4.78 is 0. The first kappa shape index (κ1) is 17.5. The number of nitrogens with one attached hydrogen (secondary N) is 1. The lowest BCUT2D eigenvalue weighted by Crippen LogP contribution is -2.25. The maximum atomic E-state index is 12.4. The summed E-state index contributed by atoms with van der Waals surface area (Å²) in [6.07, 6.45) is 1.48. The number of carbonyl (C=O) groups is 2. The van der Waals surface area contributed by atoms with E-state index in [-0.39, 0.29) is 11.5 Å². The Morgan fingerprint density at radius 3 is 2.42 bits per heavy atom. The molecule has 6 nitrogen and oxygen atoms in total. The first-order valence-corrected chi connectivity index (χ1v) is 7.83. The van der Waals surface area contributed by atoms with Crippen LogP contribution in [0.4, 0.5) is 11.5 Å². The third-order valence-electron chi connectivity index (χ3n) is 3.81. The summed E-state index contributed by atoms with van der Waals surface area (Å²) in [5, 5.41) is 12.2. The zero-order valence-corrected chi connectivity index (χ0v) is 14.0. The first-order valence-electron chi connectivity index (χ1n) is 7.83. The van der Waals surface area contributed by atoms with Gasteiger partial charge in [0.25, 0.3) is 5.91 Å². The molecule has 6 heteroatoms. The molecule has 0 atom stereocenters. The predicted molar refractivity (Wildman–Crippen MR) is 93.9 cm³/mol. The van der Waals surface area contributed by atoms with Gasteiger partial charge in [-0.1, -0.05) is 18.2 Å². The summed E-state index contributed by atoms with van der Waals surface area (Å²) in [4.78, 5) is 30.0. The summed E-state index contributed by atoms with van der Waals surface area (Å²) >= 11 is 0. The van der Waals surface area contributed by atoms with E-state index in [1.165, 1.54) is 12.3 Å². The number of amides is 1. The summed E-state index contributed by atoms with van der Waals surface area (Å²) in [6.45, 7) is 7.02. The normalized spacial score (nSPS) is 10.3. The molecular formula is C18H21N3O3. The number of carbonyl (C=O) groups excluding carboxylic acids is 1. The van der Waals surface area contributed by atoms with Gasteiger partial charge in [-0.15, -0.1) is 0 Å². The Balaban J connectivity index is 2.32. The van der Waals surface area contributed by atoms with Crippen molar-refractivity contribution in [3.05, 3.63) is 53.2 Å². The van der Waals surface area contributed by atoms with Gasteiger partial charge in [-0.25, -0.2) is 9.78 Å². The fourth-order valence-corrected chi connectivity index (χ4v) is 2.48. The van der Waals surface area contributed by atoms with Crippen molar-refractivity contribution in [3.63, 3.8) is 0 Å². The molecule has 0 unspecified atom stereocenters. The van der Waals surface area contributed by atoms with E-state index in [1.54, 1.807) is 12.1 Å². The molecule has 0 spiro atoms. The number of carboxylic acid groups (broad SMARTS) is 1. The minimum atomic E-state index is -1.07. The van der Waals surface area contributed by atoms with Crippen LogP contribution < -0.4 is 10.2 Å². The Bertz CT molecular complexity index is 755. The van der Waals surface area contributed by atoms with Gasteiger partial charge in [0.2, 0.25) is 0 Å². The van der Waals surface area contributed by atoms with Gasteiger partial charge < -0.3 is 15.3 Å². The highest BCUT2D eigenvalue weighted by molar-refractivity contribution is 6.06. The highest BCUT2D eigenvalue weighted by Gasteiger charge is 2.18. The van der Waals surface area contributed by atoms with Gasteiger partial charge in [0.1, 0.15) is 11.4 Å². The average Bonchev–Trinajstić information content (AvgIpc) is 2.57. The van der Waals surface area contributed by atoms with Gasteiger partial charge in [-0.2, -0.15) is 0 Å². The van der Waals surface area contributed by atoms with E-state index in [1.807, 2.05) is 37.8 Å². The fraction of sp³-hybridized carbons (Fsp3) is 0.278. The number of anilines is 2. The number of carboxylic acids is 1. The smallest absolute Gasteiger partial charge is 0.339 e. The summed E-state index contributed by atoms with van der Waals surface area (Å²) in [5.74, 6) is -0.959. The van der Waals surface area contributed by atoms with Crippen LogP contribution in [0.25, 0.3) is 0 Å². The summed E-state index contributed by atoms with van der Waals surface area (Å²) in [7, 11) is 0. The van der Waals surface area contributed by atoms with Crippen molar-refractivity contribution < 1.29 is 14.7 Å². The quantitative estimate of drug-likeness (QED) is 0.851. The summed E-state index contributed by atoms with van der Waals surface area (Å²) in [5.41, 5.74) is 1.82. The molecular weight excluding hydrogens is 306 g/mol. The van der Waals surface area contributed by atoms with E-state index in [4.69, 9.17) is 0 Å². The molecule has 0 aliphatic rings. The molecule has 126 valence electrons. The van der Waals surface area contributed by atoms with E-state index >= 15 is 0 Å². The third kappa shape index (κ3) is 3.71. The predicted octanol–water partition coefficient (Wildman–Crippen LogP) is 3.19. The van der Waals surface area contributed by atoms with Gasteiger partial charge >= 0.3 is 5.97 Å². The molecule has 0 aliphatic heterocycles. The molecule has 0 saturated carbocycles. The Kier molecular flexibility index (Phi) is 5.52.